The zero-order valence-corrected chi connectivity index (χ0v) is 9.25. The topological polar surface area (TPSA) is 41.6 Å². The van der Waals surface area contributed by atoms with Crippen molar-refractivity contribution in [3.05, 3.63) is 0 Å². The highest BCUT2D eigenvalue weighted by Gasteiger charge is 2.29. The SMILES string of the molecule is CCNC(CN(C)C1CC1)C(=O)OC. The Morgan fingerprint density at radius 3 is 2.71 bits per heavy atom. The van der Waals surface area contributed by atoms with E-state index in [1.165, 1.54) is 20.0 Å². The van der Waals surface area contributed by atoms with Crippen LogP contribution in [0.5, 0.6) is 0 Å². The lowest BCUT2D eigenvalue weighted by molar-refractivity contribution is -0.143. The van der Waals surface area contributed by atoms with Gasteiger partial charge in [0.05, 0.1) is 7.11 Å². The maximum Gasteiger partial charge on any atom is 0.324 e. The first-order valence-corrected chi connectivity index (χ1v) is 5.20. The molecule has 82 valence electrons. The molecule has 4 nitrogen and oxygen atoms in total. The minimum atomic E-state index is -0.185. The summed E-state index contributed by atoms with van der Waals surface area (Å²) in [6.45, 7) is 3.52. The van der Waals surface area contributed by atoms with Crippen molar-refractivity contribution in [3.63, 3.8) is 0 Å². The van der Waals surface area contributed by atoms with Crippen LogP contribution >= 0.6 is 0 Å². The summed E-state index contributed by atoms with van der Waals surface area (Å²) in [6.07, 6.45) is 2.52. The first kappa shape index (κ1) is 11.5. The lowest BCUT2D eigenvalue weighted by Gasteiger charge is -2.22. The van der Waals surface area contributed by atoms with Gasteiger partial charge in [0, 0.05) is 12.6 Å². The van der Waals surface area contributed by atoms with Gasteiger partial charge in [-0.05, 0) is 26.4 Å². The Morgan fingerprint density at radius 1 is 1.64 bits per heavy atom. The van der Waals surface area contributed by atoms with Gasteiger partial charge in [0.25, 0.3) is 0 Å². The van der Waals surface area contributed by atoms with Crippen molar-refractivity contribution in [2.75, 3.05) is 27.2 Å². The lowest BCUT2D eigenvalue weighted by atomic mass is 10.2. The standard InChI is InChI=1S/C10H20N2O2/c1-4-11-9(10(13)14-3)7-12(2)8-5-6-8/h8-9,11H,4-7H2,1-3H3. The Balaban J connectivity index is 2.36. The highest BCUT2D eigenvalue weighted by Crippen LogP contribution is 2.25. The van der Waals surface area contributed by atoms with Crippen molar-refractivity contribution in [1.29, 1.82) is 0 Å². The fraction of sp³-hybridized carbons (Fsp3) is 0.900. The average Bonchev–Trinajstić information content (AvgIpc) is 2.99. The second-order valence-corrected chi connectivity index (χ2v) is 3.80. The molecule has 0 aromatic carbocycles. The highest BCUT2D eigenvalue weighted by atomic mass is 16.5. The molecule has 1 atom stereocenters. The first-order chi connectivity index (χ1) is 6.69. The van der Waals surface area contributed by atoms with Crippen LogP contribution in [0.3, 0.4) is 0 Å². The van der Waals surface area contributed by atoms with Crippen molar-refractivity contribution in [3.8, 4) is 0 Å². The van der Waals surface area contributed by atoms with E-state index in [0.29, 0.717) is 6.04 Å². The molecule has 1 unspecified atom stereocenters. The molecule has 0 aromatic heterocycles. The minimum absolute atomic E-state index is 0.167. The largest absolute Gasteiger partial charge is 0.468 e. The summed E-state index contributed by atoms with van der Waals surface area (Å²) in [5.41, 5.74) is 0. The minimum Gasteiger partial charge on any atom is -0.468 e. The molecule has 0 spiro atoms. The van der Waals surface area contributed by atoms with Gasteiger partial charge in [-0.25, -0.2) is 0 Å². The monoisotopic (exact) mass is 200 g/mol. The molecule has 0 aromatic rings. The Morgan fingerprint density at radius 2 is 2.29 bits per heavy atom. The number of carbonyl (C=O) groups is 1. The number of likely N-dealkylation sites (N-methyl/N-ethyl adjacent to an activating group) is 2. The molecule has 4 heteroatoms. The second-order valence-electron chi connectivity index (χ2n) is 3.80. The van der Waals surface area contributed by atoms with Gasteiger partial charge in [-0.3, -0.25) is 4.79 Å². The number of nitrogens with zero attached hydrogens (tertiary/aromatic N) is 1. The predicted molar refractivity (Wildman–Crippen MR) is 55.1 cm³/mol. The maximum absolute atomic E-state index is 11.4. The molecule has 0 bridgehead atoms. The molecule has 1 aliphatic carbocycles. The van der Waals surface area contributed by atoms with Crippen LogP contribution in [-0.4, -0.2) is 50.2 Å². The fourth-order valence-electron chi connectivity index (χ4n) is 1.56. The molecule has 1 saturated carbocycles. The summed E-state index contributed by atoms with van der Waals surface area (Å²) in [4.78, 5) is 13.6. The van der Waals surface area contributed by atoms with Crippen LogP contribution in [-0.2, 0) is 9.53 Å². The van der Waals surface area contributed by atoms with Gasteiger partial charge in [0.15, 0.2) is 0 Å². The molecule has 0 radical (unpaired) electrons. The van der Waals surface area contributed by atoms with Gasteiger partial charge >= 0.3 is 5.97 Å². The molecule has 0 saturated heterocycles. The molecule has 0 aliphatic heterocycles. The molecule has 1 fully saturated rings. The van der Waals surface area contributed by atoms with Crippen molar-refractivity contribution < 1.29 is 9.53 Å². The number of esters is 1. The van der Waals surface area contributed by atoms with Crippen molar-refractivity contribution >= 4 is 5.97 Å². The summed E-state index contributed by atoms with van der Waals surface area (Å²) >= 11 is 0. The summed E-state index contributed by atoms with van der Waals surface area (Å²) in [5, 5.41) is 3.13. The van der Waals surface area contributed by atoms with Crippen LogP contribution < -0.4 is 5.32 Å². The van der Waals surface area contributed by atoms with Crippen molar-refractivity contribution in [2.24, 2.45) is 0 Å². The van der Waals surface area contributed by atoms with Crippen LogP contribution in [0, 0.1) is 0 Å². The molecule has 14 heavy (non-hydrogen) atoms. The van der Waals surface area contributed by atoms with E-state index in [9.17, 15) is 4.79 Å². The van der Waals surface area contributed by atoms with E-state index >= 15 is 0 Å². The molecule has 1 rings (SSSR count). The predicted octanol–water partition coefficient (Wildman–Crippen LogP) is 0.232. The number of hydrogen-bond donors (Lipinski definition) is 1. The van der Waals surface area contributed by atoms with Gasteiger partial charge in [-0.15, -0.1) is 0 Å². The average molecular weight is 200 g/mol. The summed E-state index contributed by atoms with van der Waals surface area (Å²) in [6, 6.07) is 0.497. The van der Waals surface area contributed by atoms with Crippen molar-refractivity contribution in [1.82, 2.24) is 10.2 Å². The third-order valence-electron chi connectivity index (χ3n) is 2.58. The molecule has 1 aliphatic rings. The van der Waals surface area contributed by atoms with Crippen LogP contribution in [0.4, 0.5) is 0 Å². The van der Waals surface area contributed by atoms with Gasteiger partial charge < -0.3 is 15.0 Å². The zero-order chi connectivity index (χ0) is 10.6. The number of methoxy groups -OCH3 is 1. The van der Waals surface area contributed by atoms with Gasteiger partial charge in [-0.2, -0.15) is 0 Å². The van der Waals surface area contributed by atoms with E-state index in [2.05, 4.69) is 17.3 Å². The second kappa shape index (κ2) is 5.32. The fourth-order valence-corrected chi connectivity index (χ4v) is 1.56. The normalized spacial score (nSPS) is 18.3. The van der Waals surface area contributed by atoms with E-state index in [0.717, 1.165) is 13.1 Å². The number of hydrogen-bond acceptors (Lipinski definition) is 4. The Labute approximate surface area is 85.6 Å². The zero-order valence-electron chi connectivity index (χ0n) is 9.25. The van der Waals surface area contributed by atoms with Crippen LogP contribution in [0.15, 0.2) is 0 Å². The summed E-state index contributed by atoms with van der Waals surface area (Å²) in [5.74, 6) is -0.167. The van der Waals surface area contributed by atoms with E-state index in [4.69, 9.17) is 4.74 Å². The highest BCUT2D eigenvalue weighted by molar-refractivity contribution is 5.75. The van der Waals surface area contributed by atoms with Gasteiger partial charge in [0.1, 0.15) is 6.04 Å². The van der Waals surface area contributed by atoms with Gasteiger partial charge in [0.2, 0.25) is 0 Å². The smallest absolute Gasteiger partial charge is 0.324 e. The Hall–Kier alpha value is -0.610. The van der Waals surface area contributed by atoms with E-state index in [1.807, 2.05) is 6.92 Å². The van der Waals surface area contributed by atoms with E-state index < -0.39 is 0 Å². The van der Waals surface area contributed by atoms with E-state index in [-0.39, 0.29) is 12.0 Å². The number of ether oxygens (including phenoxy) is 1. The maximum atomic E-state index is 11.4. The quantitative estimate of drug-likeness (QED) is 0.623. The Kier molecular flexibility index (Phi) is 4.35. The van der Waals surface area contributed by atoms with Crippen molar-refractivity contribution in [2.45, 2.75) is 31.8 Å². The summed E-state index contributed by atoms with van der Waals surface area (Å²) < 4.78 is 4.74. The van der Waals surface area contributed by atoms with Gasteiger partial charge in [-0.1, -0.05) is 6.92 Å². The third-order valence-corrected chi connectivity index (χ3v) is 2.58. The number of carbonyl (C=O) groups excluding carboxylic acids is 1. The van der Waals surface area contributed by atoms with Crippen LogP contribution in [0.2, 0.25) is 0 Å². The number of rotatable bonds is 6. The van der Waals surface area contributed by atoms with Crippen LogP contribution in [0.1, 0.15) is 19.8 Å². The first-order valence-electron chi connectivity index (χ1n) is 5.20. The molecule has 0 amide bonds. The van der Waals surface area contributed by atoms with E-state index in [1.54, 1.807) is 0 Å². The molecular weight excluding hydrogens is 180 g/mol. The number of nitrogens with one attached hydrogen (secondary N) is 1. The third kappa shape index (κ3) is 3.27. The molecule has 0 heterocycles. The molecule has 1 N–H and O–H groups in total. The lowest BCUT2D eigenvalue weighted by Crippen LogP contribution is -2.46. The van der Waals surface area contributed by atoms with Crippen LogP contribution in [0.25, 0.3) is 0 Å². The Bertz CT molecular complexity index is 193. The molecular formula is C10H20N2O2. The summed E-state index contributed by atoms with van der Waals surface area (Å²) in [7, 11) is 3.49.